The Kier molecular flexibility index (Phi) is 19.2. The van der Waals surface area contributed by atoms with Crippen molar-refractivity contribution in [2.45, 2.75) is 145 Å². The molecule has 2 unspecified atom stereocenters. The molecule has 346 valence electrons. The molecule has 2 atom stereocenters. The molecule has 3 saturated carbocycles. The minimum absolute atomic E-state index is 0.00119. The van der Waals surface area contributed by atoms with Gasteiger partial charge in [0, 0.05) is 41.3 Å². The van der Waals surface area contributed by atoms with Gasteiger partial charge in [0.05, 0.1) is 23.2 Å². The van der Waals surface area contributed by atoms with Crippen molar-refractivity contribution in [2.24, 2.45) is 0 Å². The number of hydrogen-bond acceptors (Lipinski definition) is 7. The predicted molar refractivity (Wildman–Crippen MR) is 250 cm³/mol. The minimum Gasteiger partial charge on any atom is -0.675 e. The van der Waals surface area contributed by atoms with Crippen LogP contribution in [0.15, 0.2) is 89.6 Å². The molecule has 2 heterocycles. The molecule has 3 fully saturated rings. The number of carbonyl (C=O) groups excluding carboxylic acids is 2. The number of alkyl halides is 3. The lowest BCUT2D eigenvalue weighted by atomic mass is 9.77. The molecule has 4 N–H and O–H groups in total. The molecule has 0 bridgehead atoms. The highest BCUT2D eigenvalue weighted by Crippen LogP contribution is 2.44. The van der Waals surface area contributed by atoms with E-state index >= 15 is 0 Å². The lowest BCUT2D eigenvalue weighted by molar-refractivity contribution is -0.137. The average Bonchev–Trinajstić information content (AvgIpc) is 4.09. The van der Waals surface area contributed by atoms with Crippen LogP contribution < -0.4 is 10.6 Å². The first-order chi connectivity index (χ1) is 30.1. The Morgan fingerprint density at radius 1 is 0.714 bits per heavy atom. The maximum absolute atomic E-state index is 12.6. The van der Waals surface area contributed by atoms with Crippen molar-refractivity contribution in [3.05, 3.63) is 128 Å². The number of ether oxygens (including phenoxy) is 1. The SMILES string of the molecule is CN(C)C1(c2cccs2)CCC(NC(=O)CCCC(=O)NCc2ccc(C(F)(F)F)cc2)CC1.CN(C)C1(c2cccs2)CCC([NH-])CC1.[NH-]C1CCCC1OCc1ccccc1. The van der Waals surface area contributed by atoms with Crippen molar-refractivity contribution in [2.75, 3.05) is 28.2 Å². The fraction of sp³-hybridized carbons (Fsp3) is 0.551. The summed E-state index contributed by atoms with van der Waals surface area (Å²) in [5.41, 5.74) is 16.8. The quantitative estimate of drug-likeness (QED) is 0.130. The fourth-order valence-corrected chi connectivity index (χ4v) is 11.1. The molecule has 2 amide bonds. The van der Waals surface area contributed by atoms with Gasteiger partial charge in [-0.15, -0.1) is 34.8 Å². The monoisotopic (exact) mass is 908 g/mol. The van der Waals surface area contributed by atoms with E-state index in [-0.39, 0.29) is 66.5 Å². The molecular formula is C49H67F3N6O3S2-2. The second kappa shape index (κ2) is 24.1. The standard InChI is InChI=1S/C25H32F3N3O2S.C12H19N2S.C12H16NO/c1-31(2)24(21-5-4-16-34-21)14-12-20(13-15-24)30-23(33)7-3-6-22(32)29-17-18-8-10-19(11-9-18)25(26,27)28;1-14(2)12(11-4-3-9-15-11)7-5-10(13)6-8-12;13-11-7-4-8-12(11)14-9-10-5-2-1-3-6-10/h4-5,8-11,16,20H,3,6-7,12-15,17H2,1-2H3,(H,29,32)(H,30,33);3-4,9-10,13H,5-8H2,1-2H3;1-3,5-6,11-13H,4,7-9H2/q;2*-1. The predicted octanol–water partition coefficient (Wildman–Crippen LogP) is 11.7. The van der Waals surface area contributed by atoms with Gasteiger partial charge in [-0.3, -0.25) is 19.4 Å². The second-order valence-electron chi connectivity index (χ2n) is 17.6. The Labute approximate surface area is 381 Å². The van der Waals surface area contributed by atoms with Crippen LogP contribution >= 0.6 is 22.7 Å². The third-order valence-electron chi connectivity index (χ3n) is 13.0. The molecule has 0 radical (unpaired) electrons. The summed E-state index contributed by atoms with van der Waals surface area (Å²) in [4.78, 5) is 31.9. The van der Waals surface area contributed by atoms with Crippen LogP contribution in [0.2, 0.25) is 0 Å². The van der Waals surface area contributed by atoms with Gasteiger partial charge in [0.25, 0.3) is 0 Å². The van der Waals surface area contributed by atoms with Gasteiger partial charge in [-0.2, -0.15) is 13.2 Å². The van der Waals surface area contributed by atoms with Crippen LogP contribution in [0.4, 0.5) is 13.2 Å². The van der Waals surface area contributed by atoms with Crippen LogP contribution in [0.25, 0.3) is 11.5 Å². The van der Waals surface area contributed by atoms with Gasteiger partial charge in [0.2, 0.25) is 11.8 Å². The van der Waals surface area contributed by atoms with Crippen molar-refractivity contribution in [1.82, 2.24) is 20.4 Å². The van der Waals surface area contributed by atoms with E-state index < -0.39 is 11.7 Å². The third kappa shape index (κ3) is 14.7. The van der Waals surface area contributed by atoms with Gasteiger partial charge in [-0.1, -0.05) is 80.3 Å². The van der Waals surface area contributed by atoms with Gasteiger partial charge in [-0.25, -0.2) is 0 Å². The maximum atomic E-state index is 12.6. The average molecular weight is 909 g/mol. The van der Waals surface area contributed by atoms with E-state index in [9.17, 15) is 22.8 Å². The molecule has 4 aromatic rings. The third-order valence-corrected chi connectivity index (χ3v) is 15.1. The topological polar surface area (TPSA) is 122 Å². The van der Waals surface area contributed by atoms with E-state index in [1.54, 1.807) is 11.3 Å². The lowest BCUT2D eigenvalue weighted by Gasteiger charge is -2.46. The molecular weight excluding hydrogens is 842 g/mol. The molecule has 0 saturated heterocycles. The zero-order valence-corrected chi connectivity index (χ0v) is 39.0. The first-order valence-corrected chi connectivity index (χ1v) is 24.1. The van der Waals surface area contributed by atoms with E-state index in [0.29, 0.717) is 18.6 Å². The van der Waals surface area contributed by atoms with Crippen molar-refractivity contribution in [3.8, 4) is 0 Å². The molecule has 7 rings (SSSR count). The smallest absolute Gasteiger partial charge is 0.416 e. The minimum atomic E-state index is -4.38. The maximum Gasteiger partial charge on any atom is 0.416 e. The number of carbonyl (C=O) groups is 2. The highest BCUT2D eigenvalue weighted by molar-refractivity contribution is 7.10. The normalized spacial score (nSPS) is 24.8. The van der Waals surface area contributed by atoms with E-state index in [1.807, 2.05) is 29.5 Å². The van der Waals surface area contributed by atoms with Crippen LogP contribution in [-0.2, 0) is 44.7 Å². The highest BCUT2D eigenvalue weighted by atomic mass is 32.1. The number of amides is 2. The summed E-state index contributed by atoms with van der Waals surface area (Å²) in [6.07, 6.45) is 8.02. The Hall–Kier alpha value is -3.63. The van der Waals surface area contributed by atoms with Gasteiger partial charge in [-0.05, 0) is 126 Å². The van der Waals surface area contributed by atoms with Crippen molar-refractivity contribution >= 4 is 34.5 Å². The Bertz CT molecular complexity index is 1910. The van der Waals surface area contributed by atoms with Crippen LogP contribution in [-0.4, -0.2) is 74.0 Å². The van der Waals surface area contributed by atoms with Crippen LogP contribution in [0, 0.1) is 0 Å². The number of nitrogens with one attached hydrogen (secondary N) is 4. The van der Waals surface area contributed by atoms with Crippen molar-refractivity contribution in [3.63, 3.8) is 0 Å². The number of thiophene rings is 2. The second-order valence-corrected chi connectivity index (χ2v) is 19.5. The Morgan fingerprint density at radius 3 is 1.76 bits per heavy atom. The molecule has 0 spiro atoms. The first-order valence-electron chi connectivity index (χ1n) is 22.3. The summed E-state index contributed by atoms with van der Waals surface area (Å²) in [5, 5.41) is 10.1. The number of rotatable bonds is 14. The molecule has 2 aromatic carbocycles. The molecule has 14 heteroatoms. The molecule has 3 aliphatic carbocycles. The van der Waals surface area contributed by atoms with Gasteiger partial charge in [0.1, 0.15) is 0 Å². The molecule has 3 aliphatic rings. The van der Waals surface area contributed by atoms with Crippen LogP contribution in [0.1, 0.15) is 116 Å². The number of nitrogens with zero attached hydrogens (tertiary/aromatic N) is 2. The Morgan fingerprint density at radius 2 is 1.27 bits per heavy atom. The fourth-order valence-electron chi connectivity index (χ4n) is 8.96. The molecule has 2 aromatic heterocycles. The van der Waals surface area contributed by atoms with Crippen LogP contribution in [0.3, 0.4) is 0 Å². The summed E-state index contributed by atoms with van der Waals surface area (Å²) in [5.74, 6) is -0.272. The molecule has 0 aliphatic heterocycles. The van der Waals surface area contributed by atoms with E-state index in [0.717, 1.165) is 82.8 Å². The zero-order chi connectivity index (χ0) is 45.5. The summed E-state index contributed by atoms with van der Waals surface area (Å²) >= 11 is 3.63. The van der Waals surface area contributed by atoms with Gasteiger partial charge in [0.15, 0.2) is 0 Å². The first kappa shape index (κ1) is 50.4. The van der Waals surface area contributed by atoms with Crippen molar-refractivity contribution in [1.29, 1.82) is 0 Å². The Balaban J connectivity index is 0.000000210. The van der Waals surface area contributed by atoms with E-state index in [1.165, 1.54) is 27.5 Å². The number of hydrogen-bond donors (Lipinski definition) is 2. The van der Waals surface area contributed by atoms with Gasteiger partial charge < -0.3 is 26.8 Å². The highest BCUT2D eigenvalue weighted by Gasteiger charge is 2.40. The van der Waals surface area contributed by atoms with Crippen molar-refractivity contribution < 1.29 is 27.5 Å². The number of halogens is 3. The molecule has 63 heavy (non-hydrogen) atoms. The van der Waals surface area contributed by atoms with E-state index in [2.05, 4.69) is 95.8 Å². The summed E-state index contributed by atoms with van der Waals surface area (Å²) in [7, 11) is 8.57. The largest absolute Gasteiger partial charge is 0.675 e. The number of benzene rings is 2. The zero-order valence-electron chi connectivity index (χ0n) is 37.4. The van der Waals surface area contributed by atoms with Gasteiger partial charge >= 0.3 is 6.18 Å². The van der Waals surface area contributed by atoms with E-state index in [4.69, 9.17) is 16.2 Å². The summed E-state index contributed by atoms with van der Waals surface area (Å²) in [6, 6.07) is 23.8. The van der Waals surface area contributed by atoms with Crippen LogP contribution in [0.5, 0.6) is 0 Å². The lowest BCUT2D eigenvalue weighted by Crippen LogP contribution is -2.48. The summed E-state index contributed by atoms with van der Waals surface area (Å²) < 4.78 is 43.5. The molecule has 9 nitrogen and oxygen atoms in total. The summed E-state index contributed by atoms with van der Waals surface area (Å²) in [6.45, 7) is 0.810.